The van der Waals surface area contributed by atoms with Gasteiger partial charge in [-0.25, -0.2) is 4.79 Å². The Morgan fingerprint density at radius 1 is 1.35 bits per heavy atom. The Kier molecular flexibility index (Phi) is 6.82. The number of hydrogen-bond acceptors (Lipinski definition) is 2. The Balaban J connectivity index is 2.29. The summed E-state index contributed by atoms with van der Waals surface area (Å²) in [7, 11) is 0. The quantitative estimate of drug-likeness (QED) is 0.755. The Morgan fingerprint density at radius 2 is 2.05 bits per heavy atom. The van der Waals surface area contributed by atoms with Crippen LogP contribution in [0.15, 0.2) is 0 Å². The maximum Gasteiger partial charge on any atom is 0.317 e. The van der Waals surface area contributed by atoms with Gasteiger partial charge in [0, 0.05) is 25.6 Å². The molecule has 2 N–H and O–H groups in total. The lowest BCUT2D eigenvalue weighted by molar-refractivity contribution is -0.137. The first kappa shape index (κ1) is 16.8. The smallest absolute Gasteiger partial charge is 0.317 e. The van der Waals surface area contributed by atoms with Crippen molar-refractivity contribution >= 4 is 12.0 Å². The molecule has 1 aliphatic rings. The van der Waals surface area contributed by atoms with Crippen molar-refractivity contribution in [2.45, 2.75) is 58.9 Å². The molecule has 0 aromatic heterocycles. The maximum atomic E-state index is 12.0. The summed E-state index contributed by atoms with van der Waals surface area (Å²) in [6, 6.07) is 0.360. The van der Waals surface area contributed by atoms with Gasteiger partial charge in [-0.1, -0.05) is 13.8 Å². The largest absolute Gasteiger partial charge is 0.481 e. The van der Waals surface area contributed by atoms with E-state index in [0.717, 1.165) is 25.8 Å². The lowest BCUT2D eigenvalue weighted by atomic mass is 9.88. The normalized spacial score (nSPS) is 20.2. The monoisotopic (exact) mass is 284 g/mol. The number of carbonyl (C=O) groups is 2. The van der Waals surface area contributed by atoms with Crippen molar-refractivity contribution in [2.24, 2.45) is 11.8 Å². The first-order chi connectivity index (χ1) is 9.41. The molecular formula is C15H28N2O3. The van der Waals surface area contributed by atoms with Gasteiger partial charge in [0.25, 0.3) is 0 Å². The SMILES string of the molecule is CC(C)C(CCNC(=O)N1CCCC1C)CCC(=O)O. The summed E-state index contributed by atoms with van der Waals surface area (Å²) in [5, 5.41) is 11.7. The molecule has 1 aliphatic heterocycles. The van der Waals surface area contributed by atoms with Gasteiger partial charge >= 0.3 is 12.0 Å². The molecule has 0 bridgehead atoms. The molecule has 20 heavy (non-hydrogen) atoms. The summed E-state index contributed by atoms with van der Waals surface area (Å²) in [5.74, 6) is 0.0462. The zero-order chi connectivity index (χ0) is 15.1. The van der Waals surface area contributed by atoms with E-state index in [0.29, 0.717) is 30.8 Å². The van der Waals surface area contributed by atoms with Crippen LogP contribution < -0.4 is 5.32 Å². The molecule has 5 heteroatoms. The molecule has 2 unspecified atom stereocenters. The average Bonchev–Trinajstić information content (AvgIpc) is 2.78. The van der Waals surface area contributed by atoms with Crippen LogP contribution in [0.4, 0.5) is 4.79 Å². The predicted octanol–water partition coefficient (Wildman–Crippen LogP) is 2.71. The summed E-state index contributed by atoms with van der Waals surface area (Å²) >= 11 is 0. The lowest BCUT2D eigenvalue weighted by Gasteiger charge is -2.24. The first-order valence-electron chi connectivity index (χ1n) is 7.68. The highest BCUT2D eigenvalue weighted by Crippen LogP contribution is 2.21. The Labute approximate surface area is 121 Å². The third-order valence-corrected chi connectivity index (χ3v) is 4.28. The molecule has 1 rings (SSSR count). The third-order valence-electron chi connectivity index (χ3n) is 4.28. The van der Waals surface area contributed by atoms with E-state index in [1.165, 1.54) is 0 Å². The van der Waals surface area contributed by atoms with Gasteiger partial charge in [-0.15, -0.1) is 0 Å². The van der Waals surface area contributed by atoms with Crippen LogP contribution in [-0.2, 0) is 4.79 Å². The molecule has 0 aromatic rings. The van der Waals surface area contributed by atoms with Crippen LogP contribution in [0, 0.1) is 11.8 Å². The van der Waals surface area contributed by atoms with E-state index >= 15 is 0 Å². The fourth-order valence-corrected chi connectivity index (χ4v) is 2.82. The number of urea groups is 1. The molecular weight excluding hydrogens is 256 g/mol. The average molecular weight is 284 g/mol. The van der Waals surface area contributed by atoms with E-state index in [1.54, 1.807) is 0 Å². The highest BCUT2D eigenvalue weighted by molar-refractivity contribution is 5.74. The molecule has 2 atom stereocenters. The Bertz CT molecular complexity index is 331. The van der Waals surface area contributed by atoms with Crippen molar-refractivity contribution in [3.8, 4) is 0 Å². The Morgan fingerprint density at radius 3 is 2.55 bits per heavy atom. The summed E-state index contributed by atoms with van der Waals surface area (Å²) in [6.07, 6.45) is 3.91. The van der Waals surface area contributed by atoms with Crippen LogP contribution in [0.2, 0.25) is 0 Å². The zero-order valence-electron chi connectivity index (χ0n) is 12.9. The fourth-order valence-electron chi connectivity index (χ4n) is 2.82. The standard InChI is InChI=1S/C15H28N2O3/c1-11(2)13(6-7-14(18)19)8-9-16-15(20)17-10-4-5-12(17)3/h11-13H,4-10H2,1-3H3,(H,16,20)(H,18,19). The van der Waals surface area contributed by atoms with Crippen molar-refractivity contribution in [3.63, 3.8) is 0 Å². The zero-order valence-corrected chi connectivity index (χ0v) is 12.9. The van der Waals surface area contributed by atoms with Crippen molar-refractivity contribution in [3.05, 3.63) is 0 Å². The lowest BCUT2D eigenvalue weighted by Crippen LogP contribution is -2.42. The van der Waals surface area contributed by atoms with Crippen LogP contribution in [0.3, 0.4) is 0 Å². The van der Waals surface area contributed by atoms with Crippen molar-refractivity contribution in [1.82, 2.24) is 10.2 Å². The van der Waals surface area contributed by atoms with Crippen LogP contribution >= 0.6 is 0 Å². The second kappa shape index (κ2) is 8.12. The second-order valence-electron chi connectivity index (χ2n) is 6.14. The molecule has 1 heterocycles. The Hall–Kier alpha value is -1.26. The number of aliphatic carboxylic acids is 1. The number of hydrogen-bond donors (Lipinski definition) is 2. The summed E-state index contributed by atoms with van der Waals surface area (Å²) in [5.41, 5.74) is 0. The van der Waals surface area contributed by atoms with Crippen molar-refractivity contribution < 1.29 is 14.7 Å². The molecule has 116 valence electrons. The number of amides is 2. The van der Waals surface area contributed by atoms with E-state index in [4.69, 9.17) is 5.11 Å². The second-order valence-corrected chi connectivity index (χ2v) is 6.14. The van der Waals surface area contributed by atoms with Gasteiger partial charge < -0.3 is 15.3 Å². The van der Waals surface area contributed by atoms with E-state index in [1.807, 2.05) is 4.90 Å². The first-order valence-corrected chi connectivity index (χ1v) is 7.68. The molecule has 0 spiro atoms. The molecule has 0 aromatic carbocycles. The number of rotatable bonds is 7. The van der Waals surface area contributed by atoms with Gasteiger partial charge in [-0.3, -0.25) is 4.79 Å². The molecule has 0 radical (unpaired) electrons. The van der Waals surface area contributed by atoms with Gasteiger partial charge in [0.1, 0.15) is 0 Å². The van der Waals surface area contributed by atoms with Gasteiger partial charge in [-0.2, -0.15) is 0 Å². The fraction of sp³-hybridized carbons (Fsp3) is 0.867. The number of carboxylic acids is 1. The number of likely N-dealkylation sites (tertiary alicyclic amines) is 1. The molecule has 2 amide bonds. The van der Waals surface area contributed by atoms with Crippen LogP contribution in [0.25, 0.3) is 0 Å². The minimum absolute atomic E-state index is 0.0238. The summed E-state index contributed by atoms with van der Waals surface area (Å²) in [4.78, 5) is 24.5. The predicted molar refractivity (Wildman–Crippen MR) is 78.6 cm³/mol. The number of carbonyl (C=O) groups excluding carboxylic acids is 1. The van der Waals surface area contributed by atoms with E-state index in [9.17, 15) is 9.59 Å². The molecule has 1 saturated heterocycles. The molecule has 5 nitrogen and oxygen atoms in total. The van der Waals surface area contributed by atoms with Gasteiger partial charge in [0.2, 0.25) is 0 Å². The van der Waals surface area contributed by atoms with E-state index in [2.05, 4.69) is 26.1 Å². The third kappa shape index (κ3) is 5.39. The van der Waals surface area contributed by atoms with Crippen LogP contribution in [0.5, 0.6) is 0 Å². The van der Waals surface area contributed by atoms with Gasteiger partial charge in [0.15, 0.2) is 0 Å². The summed E-state index contributed by atoms with van der Waals surface area (Å²) in [6.45, 7) is 7.77. The van der Waals surface area contributed by atoms with Crippen LogP contribution in [0.1, 0.15) is 52.9 Å². The number of nitrogens with one attached hydrogen (secondary N) is 1. The number of nitrogens with zero attached hydrogens (tertiary/aromatic N) is 1. The molecule has 0 saturated carbocycles. The van der Waals surface area contributed by atoms with Crippen molar-refractivity contribution in [2.75, 3.05) is 13.1 Å². The topological polar surface area (TPSA) is 69.6 Å². The van der Waals surface area contributed by atoms with Crippen molar-refractivity contribution in [1.29, 1.82) is 0 Å². The minimum atomic E-state index is -0.745. The highest BCUT2D eigenvalue weighted by atomic mass is 16.4. The summed E-state index contributed by atoms with van der Waals surface area (Å²) < 4.78 is 0. The maximum absolute atomic E-state index is 12.0. The van der Waals surface area contributed by atoms with E-state index < -0.39 is 5.97 Å². The van der Waals surface area contributed by atoms with Crippen LogP contribution in [-0.4, -0.2) is 41.1 Å². The molecule has 0 aliphatic carbocycles. The number of carboxylic acid groups (broad SMARTS) is 1. The highest BCUT2D eigenvalue weighted by Gasteiger charge is 2.25. The van der Waals surface area contributed by atoms with Gasteiger partial charge in [-0.05, 0) is 44.4 Å². The van der Waals surface area contributed by atoms with E-state index in [-0.39, 0.29) is 12.5 Å². The minimum Gasteiger partial charge on any atom is -0.481 e. The molecule has 1 fully saturated rings. The van der Waals surface area contributed by atoms with Gasteiger partial charge in [0.05, 0.1) is 0 Å².